The molecule has 0 bridgehead atoms. The lowest BCUT2D eigenvalue weighted by molar-refractivity contribution is -0.124. The van der Waals surface area contributed by atoms with Crippen LogP contribution in [0.1, 0.15) is 55.3 Å². The molecule has 1 saturated carbocycles. The third-order valence-electron chi connectivity index (χ3n) is 5.55. The van der Waals surface area contributed by atoms with Crippen molar-refractivity contribution >= 4 is 11.8 Å². The zero-order valence-corrected chi connectivity index (χ0v) is 14.3. The molecule has 0 radical (unpaired) electrons. The van der Waals surface area contributed by atoms with Crippen LogP contribution < -0.4 is 20.1 Å². The number of rotatable bonds is 3. The quantitative estimate of drug-likeness (QED) is 0.883. The highest BCUT2D eigenvalue weighted by molar-refractivity contribution is 5.95. The molecule has 2 fully saturated rings. The number of carbonyl (C=O) groups excluding carboxylic acids is 2. The zero-order valence-electron chi connectivity index (χ0n) is 14.3. The molecule has 1 aromatic rings. The average molecular weight is 344 g/mol. The lowest BCUT2D eigenvalue weighted by Crippen LogP contribution is -2.58. The molecule has 25 heavy (non-hydrogen) atoms. The maximum atomic E-state index is 12.7. The third-order valence-corrected chi connectivity index (χ3v) is 5.55. The van der Waals surface area contributed by atoms with Crippen molar-refractivity contribution in [2.24, 2.45) is 5.92 Å². The highest BCUT2D eigenvalue weighted by Gasteiger charge is 2.36. The number of fused-ring (bicyclic) bond motifs is 1. The van der Waals surface area contributed by atoms with Crippen LogP contribution in [0.2, 0.25) is 0 Å². The predicted octanol–water partition coefficient (Wildman–Crippen LogP) is 2.37. The Labute approximate surface area is 147 Å². The van der Waals surface area contributed by atoms with Crippen LogP contribution in [-0.4, -0.2) is 30.7 Å². The molecule has 0 unspecified atom stereocenters. The summed E-state index contributed by atoms with van der Waals surface area (Å²) >= 11 is 0. The predicted molar refractivity (Wildman–Crippen MR) is 91.6 cm³/mol. The molecule has 6 heteroatoms. The highest BCUT2D eigenvalue weighted by Crippen LogP contribution is 2.33. The molecule has 2 atom stereocenters. The summed E-state index contributed by atoms with van der Waals surface area (Å²) in [5.41, 5.74) is 0.559. The van der Waals surface area contributed by atoms with Crippen molar-refractivity contribution in [1.82, 2.24) is 10.6 Å². The van der Waals surface area contributed by atoms with Crippen molar-refractivity contribution in [3.8, 4) is 11.5 Å². The van der Waals surface area contributed by atoms with Crippen LogP contribution in [0.25, 0.3) is 0 Å². The largest absolute Gasteiger partial charge is 0.454 e. The van der Waals surface area contributed by atoms with Crippen LogP contribution in [0.15, 0.2) is 18.2 Å². The van der Waals surface area contributed by atoms with Crippen LogP contribution in [0, 0.1) is 5.92 Å². The number of ether oxygens (including phenoxy) is 2. The first-order valence-electron chi connectivity index (χ1n) is 9.20. The fraction of sp³-hybridized carbons (Fsp3) is 0.579. The fourth-order valence-corrected chi connectivity index (χ4v) is 4.22. The Balaban J connectivity index is 1.47. The van der Waals surface area contributed by atoms with Gasteiger partial charge in [-0.2, -0.15) is 0 Å². The molecule has 0 aromatic heterocycles. The standard InChI is InChI=1S/C19H24N2O4/c22-17-9-7-14(18(21-17)12-4-2-1-3-5-12)20-19(23)13-6-8-15-16(10-13)25-11-24-15/h6,8,10,12,14,18H,1-5,7,9,11H2,(H,20,23)(H,21,22)/t14-,18+/m0/s1. The second kappa shape index (κ2) is 6.94. The van der Waals surface area contributed by atoms with E-state index in [1.165, 1.54) is 19.3 Å². The summed E-state index contributed by atoms with van der Waals surface area (Å²) in [4.78, 5) is 24.6. The molecular weight excluding hydrogens is 320 g/mol. The molecule has 6 nitrogen and oxygen atoms in total. The minimum Gasteiger partial charge on any atom is -0.454 e. The monoisotopic (exact) mass is 344 g/mol. The van der Waals surface area contributed by atoms with Gasteiger partial charge in [-0.3, -0.25) is 9.59 Å². The molecule has 2 N–H and O–H groups in total. The molecule has 1 aromatic carbocycles. The molecule has 4 rings (SSSR count). The second-order valence-corrected chi connectivity index (χ2v) is 7.18. The van der Waals surface area contributed by atoms with Crippen molar-refractivity contribution in [1.29, 1.82) is 0 Å². The number of benzene rings is 1. The number of hydrogen-bond acceptors (Lipinski definition) is 4. The van der Waals surface area contributed by atoms with Gasteiger partial charge in [0.25, 0.3) is 5.91 Å². The van der Waals surface area contributed by atoms with E-state index >= 15 is 0 Å². The Hall–Kier alpha value is -2.24. The Bertz CT molecular complexity index is 669. The van der Waals surface area contributed by atoms with Crippen LogP contribution >= 0.6 is 0 Å². The molecule has 2 heterocycles. The minimum absolute atomic E-state index is 0.0151. The van der Waals surface area contributed by atoms with Crippen molar-refractivity contribution in [3.63, 3.8) is 0 Å². The second-order valence-electron chi connectivity index (χ2n) is 7.18. The fourth-order valence-electron chi connectivity index (χ4n) is 4.22. The summed E-state index contributed by atoms with van der Waals surface area (Å²) in [5.74, 6) is 1.71. The van der Waals surface area contributed by atoms with Gasteiger partial charge in [0, 0.05) is 12.0 Å². The molecule has 0 spiro atoms. The van der Waals surface area contributed by atoms with E-state index in [0.29, 0.717) is 35.8 Å². The minimum atomic E-state index is -0.125. The van der Waals surface area contributed by atoms with Gasteiger partial charge in [0.2, 0.25) is 12.7 Å². The van der Waals surface area contributed by atoms with Crippen molar-refractivity contribution < 1.29 is 19.1 Å². The Morgan fingerprint density at radius 1 is 1.08 bits per heavy atom. The van der Waals surface area contributed by atoms with E-state index in [-0.39, 0.29) is 30.7 Å². The number of amides is 2. The van der Waals surface area contributed by atoms with Gasteiger partial charge in [0.1, 0.15) is 0 Å². The van der Waals surface area contributed by atoms with E-state index < -0.39 is 0 Å². The number of piperidine rings is 1. The molecule has 2 amide bonds. The number of carbonyl (C=O) groups is 2. The Kier molecular flexibility index (Phi) is 4.51. The van der Waals surface area contributed by atoms with Gasteiger partial charge in [-0.15, -0.1) is 0 Å². The van der Waals surface area contributed by atoms with Gasteiger partial charge in [-0.25, -0.2) is 0 Å². The third kappa shape index (κ3) is 3.43. The van der Waals surface area contributed by atoms with Crippen LogP contribution in [0.3, 0.4) is 0 Å². The first-order chi connectivity index (χ1) is 12.2. The van der Waals surface area contributed by atoms with Crippen LogP contribution in [-0.2, 0) is 4.79 Å². The normalized spacial score (nSPS) is 26.2. The van der Waals surface area contributed by atoms with Gasteiger partial charge in [0.05, 0.1) is 12.1 Å². The summed E-state index contributed by atoms with van der Waals surface area (Å²) in [7, 11) is 0. The van der Waals surface area contributed by atoms with Gasteiger partial charge in [-0.1, -0.05) is 19.3 Å². The summed E-state index contributed by atoms with van der Waals surface area (Å²) in [6.45, 7) is 0.193. The zero-order chi connectivity index (χ0) is 17.2. The maximum absolute atomic E-state index is 12.7. The SMILES string of the molecule is O=C1CC[C@H](NC(=O)c2ccc3c(c2)OCO3)[C@@H](C2CCCCC2)N1. The average Bonchev–Trinajstić information content (AvgIpc) is 3.11. The smallest absolute Gasteiger partial charge is 0.251 e. The van der Waals surface area contributed by atoms with Crippen molar-refractivity contribution in [2.75, 3.05) is 6.79 Å². The molecular formula is C19H24N2O4. The van der Waals surface area contributed by atoms with Crippen LogP contribution in [0.4, 0.5) is 0 Å². The topological polar surface area (TPSA) is 76.7 Å². The number of hydrogen-bond donors (Lipinski definition) is 2. The summed E-state index contributed by atoms with van der Waals surface area (Å²) in [5, 5.41) is 6.28. The highest BCUT2D eigenvalue weighted by atomic mass is 16.7. The first kappa shape index (κ1) is 16.2. The van der Waals surface area contributed by atoms with Crippen LogP contribution in [0.5, 0.6) is 11.5 Å². The summed E-state index contributed by atoms with van der Waals surface area (Å²) < 4.78 is 10.6. The maximum Gasteiger partial charge on any atom is 0.251 e. The van der Waals surface area contributed by atoms with Crippen molar-refractivity contribution in [3.05, 3.63) is 23.8 Å². The summed E-state index contributed by atoms with van der Waals surface area (Å²) in [6, 6.07) is 5.26. The number of nitrogens with one attached hydrogen (secondary N) is 2. The Morgan fingerprint density at radius 3 is 2.72 bits per heavy atom. The van der Waals surface area contributed by atoms with E-state index in [4.69, 9.17) is 9.47 Å². The first-order valence-corrected chi connectivity index (χ1v) is 9.20. The van der Waals surface area contributed by atoms with Gasteiger partial charge < -0.3 is 20.1 Å². The summed E-state index contributed by atoms with van der Waals surface area (Å²) in [6.07, 6.45) is 7.10. The Morgan fingerprint density at radius 2 is 1.88 bits per heavy atom. The van der Waals surface area contributed by atoms with Crippen molar-refractivity contribution in [2.45, 2.75) is 57.0 Å². The van der Waals surface area contributed by atoms with E-state index in [2.05, 4.69) is 10.6 Å². The molecule has 3 aliphatic rings. The van der Waals surface area contributed by atoms with Gasteiger partial charge in [0.15, 0.2) is 11.5 Å². The lowest BCUT2D eigenvalue weighted by atomic mass is 9.78. The van der Waals surface area contributed by atoms with E-state index in [0.717, 1.165) is 12.8 Å². The molecule has 1 saturated heterocycles. The lowest BCUT2D eigenvalue weighted by Gasteiger charge is -2.39. The van der Waals surface area contributed by atoms with E-state index in [1.807, 2.05) is 0 Å². The van der Waals surface area contributed by atoms with Gasteiger partial charge >= 0.3 is 0 Å². The molecule has 134 valence electrons. The molecule has 1 aliphatic carbocycles. The van der Waals surface area contributed by atoms with E-state index in [1.54, 1.807) is 18.2 Å². The molecule has 2 aliphatic heterocycles. The van der Waals surface area contributed by atoms with E-state index in [9.17, 15) is 9.59 Å². The van der Waals surface area contributed by atoms with Gasteiger partial charge in [-0.05, 0) is 43.4 Å².